The number of benzene rings is 2. The maximum absolute atomic E-state index is 13.2. The van der Waals surface area contributed by atoms with Gasteiger partial charge in [0.05, 0.1) is 0 Å². The van der Waals surface area contributed by atoms with Gasteiger partial charge in [-0.1, -0.05) is 44.0 Å². The summed E-state index contributed by atoms with van der Waals surface area (Å²) >= 11 is 6.97. The summed E-state index contributed by atoms with van der Waals surface area (Å²) in [4.78, 5) is 36.8. The van der Waals surface area contributed by atoms with Crippen LogP contribution in [0.1, 0.15) is 40.7 Å². The zero-order valence-corrected chi connectivity index (χ0v) is 22.6. The van der Waals surface area contributed by atoms with Crippen molar-refractivity contribution in [3.63, 3.8) is 0 Å². The van der Waals surface area contributed by atoms with Crippen LogP contribution < -0.4 is 20.3 Å². The van der Waals surface area contributed by atoms with Crippen LogP contribution in [0.15, 0.2) is 57.6 Å². The van der Waals surface area contributed by atoms with Gasteiger partial charge in [-0.05, 0) is 67.1 Å². The summed E-state index contributed by atoms with van der Waals surface area (Å²) < 4.78 is 8.06. The Hall–Kier alpha value is -2.98. The standard InChI is InChI=1S/C26H25Br2N5O3/c27-18-6-4-16(5-7-18)15-36-25-20(23(34)31-21-3-1-2-11-29-24(21)35)14-30-26(32-25)33-12-10-17-13-19(28)8-9-22(17)33/h4-9,13-14,21H,1-3,10-12,15H2,(H,29,35)(H,31,34). The molecule has 3 aromatic rings. The van der Waals surface area contributed by atoms with Gasteiger partial charge in [0.25, 0.3) is 5.91 Å². The summed E-state index contributed by atoms with van der Waals surface area (Å²) in [7, 11) is 0. The van der Waals surface area contributed by atoms with Gasteiger partial charge in [0.1, 0.15) is 18.2 Å². The molecule has 1 aromatic heterocycles. The molecule has 2 aliphatic rings. The lowest BCUT2D eigenvalue weighted by atomic mass is 10.1. The molecule has 0 bridgehead atoms. The first kappa shape index (κ1) is 24.7. The number of amides is 2. The van der Waals surface area contributed by atoms with E-state index in [0.717, 1.165) is 46.0 Å². The molecule has 186 valence electrons. The summed E-state index contributed by atoms with van der Waals surface area (Å²) in [6.45, 7) is 1.58. The number of ether oxygens (including phenoxy) is 1. The Labute approximate surface area is 226 Å². The summed E-state index contributed by atoms with van der Waals surface area (Å²) in [6, 6.07) is 13.3. The highest BCUT2D eigenvalue weighted by Gasteiger charge is 2.28. The van der Waals surface area contributed by atoms with Crippen molar-refractivity contribution in [3.05, 3.63) is 74.3 Å². The van der Waals surface area contributed by atoms with Crippen molar-refractivity contribution >= 4 is 55.3 Å². The number of carbonyl (C=O) groups is 2. The Balaban J connectivity index is 1.43. The molecular formula is C26H25Br2N5O3. The van der Waals surface area contributed by atoms with Crippen molar-refractivity contribution in [2.45, 2.75) is 38.3 Å². The second kappa shape index (κ2) is 11.0. The lowest BCUT2D eigenvalue weighted by molar-refractivity contribution is -0.122. The first-order chi connectivity index (χ1) is 17.5. The highest BCUT2D eigenvalue weighted by atomic mass is 79.9. The van der Waals surface area contributed by atoms with Gasteiger partial charge in [-0.2, -0.15) is 4.98 Å². The highest BCUT2D eigenvalue weighted by molar-refractivity contribution is 9.10. The fraction of sp³-hybridized carbons (Fsp3) is 0.308. The van der Waals surface area contributed by atoms with E-state index in [4.69, 9.17) is 4.74 Å². The van der Waals surface area contributed by atoms with Crippen LogP contribution in [-0.4, -0.2) is 40.9 Å². The molecule has 0 spiro atoms. The van der Waals surface area contributed by atoms with Crippen LogP contribution >= 0.6 is 31.9 Å². The van der Waals surface area contributed by atoms with Crippen LogP contribution in [0.4, 0.5) is 11.6 Å². The van der Waals surface area contributed by atoms with Crippen LogP contribution in [0.5, 0.6) is 5.88 Å². The van der Waals surface area contributed by atoms with Crippen LogP contribution in [0.2, 0.25) is 0 Å². The van der Waals surface area contributed by atoms with Crippen LogP contribution in [-0.2, 0) is 17.8 Å². The molecule has 0 saturated carbocycles. The van der Waals surface area contributed by atoms with E-state index in [1.165, 1.54) is 11.8 Å². The van der Waals surface area contributed by atoms with E-state index in [-0.39, 0.29) is 24.0 Å². The minimum absolute atomic E-state index is 0.171. The second-order valence-electron chi connectivity index (χ2n) is 8.79. The van der Waals surface area contributed by atoms with Crippen LogP contribution in [0.25, 0.3) is 0 Å². The summed E-state index contributed by atoms with van der Waals surface area (Å²) in [5, 5.41) is 5.69. The molecule has 0 aliphatic carbocycles. The molecule has 0 radical (unpaired) electrons. The zero-order chi connectivity index (χ0) is 25.1. The Morgan fingerprint density at radius 1 is 1.14 bits per heavy atom. The average molecular weight is 615 g/mol. The van der Waals surface area contributed by atoms with Crippen molar-refractivity contribution in [2.75, 3.05) is 18.0 Å². The van der Waals surface area contributed by atoms with Gasteiger partial charge in [0, 0.05) is 33.9 Å². The first-order valence-corrected chi connectivity index (χ1v) is 13.5. The molecule has 1 atom stereocenters. The SMILES string of the molecule is O=C(NC1CCCCNC1=O)c1cnc(N2CCc3cc(Br)ccc32)nc1OCc1ccc(Br)cc1. The number of halogens is 2. The fourth-order valence-electron chi connectivity index (χ4n) is 4.38. The van der Waals surface area contributed by atoms with E-state index >= 15 is 0 Å². The second-order valence-corrected chi connectivity index (χ2v) is 10.6. The smallest absolute Gasteiger partial charge is 0.259 e. The minimum atomic E-state index is -0.595. The number of hydrogen-bond donors (Lipinski definition) is 2. The van der Waals surface area contributed by atoms with Crippen molar-refractivity contribution < 1.29 is 14.3 Å². The van der Waals surface area contributed by atoms with E-state index in [2.05, 4.69) is 58.5 Å². The Morgan fingerprint density at radius 3 is 2.78 bits per heavy atom. The molecule has 36 heavy (non-hydrogen) atoms. The highest BCUT2D eigenvalue weighted by Crippen LogP contribution is 2.35. The molecule has 8 nitrogen and oxygen atoms in total. The van der Waals surface area contributed by atoms with Crippen molar-refractivity contribution in [1.29, 1.82) is 0 Å². The normalized spacial score (nSPS) is 17.2. The maximum atomic E-state index is 13.2. The molecule has 2 N–H and O–H groups in total. The molecular weight excluding hydrogens is 590 g/mol. The van der Waals surface area contributed by atoms with Crippen molar-refractivity contribution in [1.82, 2.24) is 20.6 Å². The lowest BCUT2D eigenvalue weighted by Crippen LogP contribution is -2.45. The number of aromatic nitrogens is 2. The van der Waals surface area contributed by atoms with Gasteiger partial charge in [-0.3, -0.25) is 9.59 Å². The molecule has 2 amide bonds. The molecule has 5 rings (SSSR count). The summed E-state index contributed by atoms with van der Waals surface area (Å²) in [6.07, 6.45) is 4.69. The zero-order valence-electron chi connectivity index (χ0n) is 19.5. The Bertz CT molecular complexity index is 1290. The Kier molecular flexibility index (Phi) is 7.52. The molecule has 1 saturated heterocycles. The number of hydrogen-bond acceptors (Lipinski definition) is 6. The largest absolute Gasteiger partial charge is 0.472 e. The van der Waals surface area contributed by atoms with Gasteiger partial charge in [0.15, 0.2) is 0 Å². The molecule has 1 fully saturated rings. The molecule has 2 aliphatic heterocycles. The Morgan fingerprint density at radius 2 is 1.94 bits per heavy atom. The molecule has 2 aromatic carbocycles. The van der Waals surface area contributed by atoms with Crippen molar-refractivity contribution in [2.24, 2.45) is 0 Å². The van der Waals surface area contributed by atoms with E-state index < -0.39 is 11.9 Å². The van der Waals surface area contributed by atoms with E-state index in [0.29, 0.717) is 18.9 Å². The van der Waals surface area contributed by atoms with Gasteiger partial charge < -0.3 is 20.3 Å². The third-order valence-corrected chi connectivity index (χ3v) is 7.32. The maximum Gasteiger partial charge on any atom is 0.259 e. The number of fused-ring (bicyclic) bond motifs is 1. The number of nitrogens with zero attached hydrogens (tertiary/aromatic N) is 3. The molecule has 3 heterocycles. The number of nitrogens with one attached hydrogen (secondary N) is 2. The lowest BCUT2D eigenvalue weighted by Gasteiger charge is -2.20. The van der Waals surface area contributed by atoms with Gasteiger partial charge in [-0.15, -0.1) is 0 Å². The summed E-state index contributed by atoms with van der Waals surface area (Å²) in [5.41, 5.74) is 3.36. The quantitative estimate of drug-likeness (QED) is 0.419. The van der Waals surface area contributed by atoms with Crippen LogP contribution in [0.3, 0.4) is 0 Å². The van der Waals surface area contributed by atoms with Gasteiger partial charge in [0.2, 0.25) is 17.7 Å². The van der Waals surface area contributed by atoms with Crippen molar-refractivity contribution in [3.8, 4) is 5.88 Å². The fourth-order valence-corrected chi connectivity index (χ4v) is 5.05. The van der Waals surface area contributed by atoms with E-state index in [1.54, 1.807) is 0 Å². The third-order valence-electron chi connectivity index (χ3n) is 6.29. The predicted octanol–water partition coefficient (Wildman–Crippen LogP) is 4.67. The number of carbonyl (C=O) groups excluding carboxylic acids is 2. The summed E-state index contributed by atoms with van der Waals surface area (Å²) in [5.74, 6) is 0.0429. The topological polar surface area (TPSA) is 96.5 Å². The predicted molar refractivity (Wildman–Crippen MR) is 143 cm³/mol. The van der Waals surface area contributed by atoms with Gasteiger partial charge in [-0.25, -0.2) is 4.98 Å². The van der Waals surface area contributed by atoms with E-state index in [9.17, 15) is 9.59 Å². The minimum Gasteiger partial charge on any atom is -0.472 e. The monoisotopic (exact) mass is 613 g/mol. The van der Waals surface area contributed by atoms with E-state index in [1.807, 2.05) is 41.3 Å². The first-order valence-electron chi connectivity index (χ1n) is 11.9. The van der Waals surface area contributed by atoms with Crippen LogP contribution in [0, 0.1) is 0 Å². The third kappa shape index (κ3) is 5.54. The molecule has 1 unspecified atom stereocenters. The van der Waals surface area contributed by atoms with Gasteiger partial charge >= 0.3 is 0 Å². The average Bonchev–Trinajstić information content (AvgIpc) is 3.19. The number of rotatable bonds is 6. The number of anilines is 2. The molecule has 10 heteroatoms.